The molecule has 4 rings (SSSR count). The molecular formula is C23H29N3O2. The molecule has 1 fully saturated rings. The van der Waals surface area contributed by atoms with Crippen LogP contribution in [-0.4, -0.2) is 41.5 Å². The SMILES string of the molecule is Cc1ccc(CN2CCC(CN(C)Cc3cc(=O)c4ccccc4[nH]3)CC2)o1. The summed E-state index contributed by atoms with van der Waals surface area (Å²) in [6.07, 6.45) is 2.41. The first-order valence-electron chi connectivity index (χ1n) is 10.1. The molecule has 0 atom stereocenters. The number of piperidine rings is 1. The zero-order valence-corrected chi connectivity index (χ0v) is 16.8. The van der Waals surface area contributed by atoms with Crippen LogP contribution in [0.2, 0.25) is 0 Å². The van der Waals surface area contributed by atoms with Gasteiger partial charge in [0.1, 0.15) is 11.5 Å². The van der Waals surface area contributed by atoms with E-state index in [1.807, 2.05) is 37.3 Å². The summed E-state index contributed by atoms with van der Waals surface area (Å²) in [7, 11) is 2.14. The van der Waals surface area contributed by atoms with E-state index in [9.17, 15) is 4.79 Å². The Kier molecular flexibility index (Phi) is 5.64. The summed E-state index contributed by atoms with van der Waals surface area (Å²) in [4.78, 5) is 20.5. The molecule has 28 heavy (non-hydrogen) atoms. The number of benzene rings is 1. The number of furan rings is 1. The van der Waals surface area contributed by atoms with Gasteiger partial charge in [0.05, 0.1) is 6.54 Å². The van der Waals surface area contributed by atoms with Crippen LogP contribution < -0.4 is 5.43 Å². The number of hydrogen-bond donors (Lipinski definition) is 1. The van der Waals surface area contributed by atoms with E-state index in [1.165, 1.54) is 12.8 Å². The molecule has 0 saturated carbocycles. The van der Waals surface area contributed by atoms with Crippen LogP contribution in [0.15, 0.2) is 51.7 Å². The number of hydrogen-bond acceptors (Lipinski definition) is 4. The van der Waals surface area contributed by atoms with E-state index < -0.39 is 0 Å². The van der Waals surface area contributed by atoms with Gasteiger partial charge in [-0.05, 0) is 70.1 Å². The number of likely N-dealkylation sites (tertiary alicyclic amines) is 1. The Balaban J connectivity index is 1.29. The second kappa shape index (κ2) is 8.33. The summed E-state index contributed by atoms with van der Waals surface area (Å²) < 4.78 is 5.71. The van der Waals surface area contributed by atoms with Crippen molar-refractivity contribution in [3.63, 3.8) is 0 Å². The molecule has 1 aliphatic heterocycles. The molecule has 2 aromatic heterocycles. The van der Waals surface area contributed by atoms with Crippen molar-refractivity contribution in [2.75, 3.05) is 26.7 Å². The number of nitrogens with one attached hydrogen (secondary N) is 1. The Labute approximate surface area is 166 Å². The van der Waals surface area contributed by atoms with Crippen molar-refractivity contribution in [3.05, 3.63) is 69.9 Å². The predicted octanol–water partition coefficient (Wildman–Crippen LogP) is 3.77. The first-order chi connectivity index (χ1) is 13.6. The average molecular weight is 380 g/mol. The van der Waals surface area contributed by atoms with E-state index in [-0.39, 0.29) is 5.43 Å². The quantitative estimate of drug-likeness (QED) is 0.708. The van der Waals surface area contributed by atoms with Gasteiger partial charge in [-0.1, -0.05) is 12.1 Å². The fraction of sp³-hybridized carbons (Fsp3) is 0.435. The topological polar surface area (TPSA) is 52.5 Å². The molecule has 0 spiro atoms. The Morgan fingerprint density at radius 1 is 1.18 bits per heavy atom. The predicted molar refractivity (Wildman–Crippen MR) is 112 cm³/mol. The number of aromatic nitrogens is 1. The zero-order chi connectivity index (χ0) is 19.5. The normalized spacial score (nSPS) is 16.2. The molecule has 3 aromatic rings. The van der Waals surface area contributed by atoms with Crippen molar-refractivity contribution in [1.29, 1.82) is 0 Å². The van der Waals surface area contributed by atoms with E-state index in [0.717, 1.165) is 60.8 Å². The molecule has 1 aliphatic rings. The van der Waals surface area contributed by atoms with Gasteiger partial charge in [0.15, 0.2) is 5.43 Å². The lowest BCUT2D eigenvalue weighted by Gasteiger charge is -2.33. The lowest BCUT2D eigenvalue weighted by molar-refractivity contribution is 0.139. The average Bonchev–Trinajstić information content (AvgIpc) is 3.08. The van der Waals surface area contributed by atoms with Crippen molar-refractivity contribution in [2.24, 2.45) is 5.92 Å². The Morgan fingerprint density at radius 3 is 2.71 bits per heavy atom. The minimum atomic E-state index is 0.0965. The molecular weight excluding hydrogens is 350 g/mol. The molecule has 1 N–H and O–H groups in total. The standard InChI is InChI=1S/C23H29N3O2/c1-17-7-8-20(28-17)16-26-11-9-18(10-12-26)14-25(2)15-19-13-23(27)21-5-3-4-6-22(21)24-19/h3-8,13,18H,9-12,14-16H2,1-2H3,(H,24,27). The highest BCUT2D eigenvalue weighted by Crippen LogP contribution is 2.21. The number of rotatable bonds is 6. The minimum Gasteiger partial charge on any atom is -0.465 e. The molecule has 0 amide bonds. The number of aryl methyl sites for hydroxylation is 1. The molecule has 5 heteroatoms. The van der Waals surface area contributed by atoms with E-state index in [2.05, 4.69) is 27.9 Å². The van der Waals surface area contributed by atoms with Crippen LogP contribution in [0.4, 0.5) is 0 Å². The van der Waals surface area contributed by atoms with Gasteiger partial charge in [-0.3, -0.25) is 9.69 Å². The third kappa shape index (κ3) is 4.54. The van der Waals surface area contributed by atoms with Gasteiger partial charge in [0, 0.05) is 35.8 Å². The molecule has 1 aromatic carbocycles. The van der Waals surface area contributed by atoms with Gasteiger partial charge in [-0.15, -0.1) is 0 Å². The van der Waals surface area contributed by atoms with Crippen LogP contribution in [0.3, 0.4) is 0 Å². The Bertz CT molecular complexity index is 983. The molecule has 0 aliphatic carbocycles. The maximum absolute atomic E-state index is 12.3. The van der Waals surface area contributed by atoms with Crippen molar-refractivity contribution >= 4 is 10.9 Å². The lowest BCUT2D eigenvalue weighted by Crippen LogP contribution is -2.37. The molecule has 5 nitrogen and oxygen atoms in total. The molecule has 0 bridgehead atoms. The molecule has 0 radical (unpaired) electrons. The number of pyridine rings is 1. The minimum absolute atomic E-state index is 0.0965. The second-order valence-electron chi connectivity index (χ2n) is 8.13. The zero-order valence-electron chi connectivity index (χ0n) is 16.8. The summed E-state index contributed by atoms with van der Waals surface area (Å²) in [5.41, 5.74) is 2.00. The molecule has 3 heterocycles. The summed E-state index contributed by atoms with van der Waals surface area (Å²) in [6.45, 7) is 6.97. The van der Waals surface area contributed by atoms with Crippen LogP contribution in [-0.2, 0) is 13.1 Å². The van der Waals surface area contributed by atoms with Gasteiger partial charge < -0.3 is 14.3 Å². The molecule has 0 unspecified atom stereocenters. The highest BCUT2D eigenvalue weighted by atomic mass is 16.3. The maximum atomic E-state index is 12.3. The first kappa shape index (κ1) is 19.0. The van der Waals surface area contributed by atoms with E-state index in [1.54, 1.807) is 6.07 Å². The first-order valence-corrected chi connectivity index (χ1v) is 10.1. The van der Waals surface area contributed by atoms with Crippen LogP contribution in [0, 0.1) is 12.8 Å². The second-order valence-corrected chi connectivity index (χ2v) is 8.13. The maximum Gasteiger partial charge on any atom is 0.189 e. The van der Waals surface area contributed by atoms with Crippen molar-refractivity contribution in [1.82, 2.24) is 14.8 Å². The van der Waals surface area contributed by atoms with Crippen LogP contribution in [0.25, 0.3) is 10.9 Å². The van der Waals surface area contributed by atoms with E-state index in [0.29, 0.717) is 5.92 Å². The van der Waals surface area contributed by atoms with Gasteiger partial charge in [0.2, 0.25) is 0 Å². The number of nitrogens with zero attached hydrogens (tertiary/aromatic N) is 2. The van der Waals surface area contributed by atoms with Gasteiger partial charge in [-0.2, -0.15) is 0 Å². The van der Waals surface area contributed by atoms with Crippen LogP contribution in [0.5, 0.6) is 0 Å². The van der Waals surface area contributed by atoms with Gasteiger partial charge >= 0.3 is 0 Å². The van der Waals surface area contributed by atoms with Gasteiger partial charge in [0.25, 0.3) is 0 Å². The fourth-order valence-electron chi connectivity index (χ4n) is 4.25. The highest BCUT2D eigenvalue weighted by molar-refractivity contribution is 5.78. The third-order valence-corrected chi connectivity index (χ3v) is 5.69. The van der Waals surface area contributed by atoms with Crippen LogP contribution >= 0.6 is 0 Å². The molecule has 1 saturated heterocycles. The summed E-state index contributed by atoms with van der Waals surface area (Å²) >= 11 is 0. The summed E-state index contributed by atoms with van der Waals surface area (Å²) in [6, 6.07) is 13.6. The Morgan fingerprint density at radius 2 is 1.96 bits per heavy atom. The largest absolute Gasteiger partial charge is 0.465 e. The number of para-hydroxylation sites is 1. The highest BCUT2D eigenvalue weighted by Gasteiger charge is 2.21. The van der Waals surface area contributed by atoms with Crippen molar-refractivity contribution < 1.29 is 4.42 Å². The van der Waals surface area contributed by atoms with E-state index >= 15 is 0 Å². The number of H-pyrrole nitrogens is 1. The third-order valence-electron chi connectivity index (χ3n) is 5.69. The fourth-order valence-corrected chi connectivity index (χ4v) is 4.25. The Hall–Kier alpha value is -2.37. The summed E-state index contributed by atoms with van der Waals surface area (Å²) in [5, 5.41) is 0.757. The molecule has 148 valence electrons. The summed E-state index contributed by atoms with van der Waals surface area (Å²) in [5.74, 6) is 2.75. The lowest BCUT2D eigenvalue weighted by atomic mass is 9.96. The number of fused-ring (bicyclic) bond motifs is 1. The van der Waals surface area contributed by atoms with Crippen molar-refractivity contribution in [3.8, 4) is 0 Å². The van der Waals surface area contributed by atoms with Crippen LogP contribution in [0.1, 0.15) is 30.1 Å². The number of aromatic amines is 1. The monoisotopic (exact) mass is 379 g/mol. The van der Waals surface area contributed by atoms with Crippen molar-refractivity contribution in [2.45, 2.75) is 32.9 Å². The smallest absolute Gasteiger partial charge is 0.189 e. The van der Waals surface area contributed by atoms with E-state index in [4.69, 9.17) is 4.42 Å². The van der Waals surface area contributed by atoms with Gasteiger partial charge in [-0.25, -0.2) is 0 Å².